The Morgan fingerprint density at radius 3 is 2.94 bits per heavy atom. The van der Waals surface area contributed by atoms with Gasteiger partial charge in [-0.15, -0.1) is 0 Å². The molecule has 1 aromatic rings. The molecule has 0 saturated carbocycles. The average Bonchev–Trinajstić information content (AvgIpc) is 2.66. The number of hydrogen-bond acceptors (Lipinski definition) is 3. The number of aryl methyl sites for hydroxylation is 1. The Hall–Kier alpha value is -1.61. The van der Waals surface area contributed by atoms with E-state index in [1.54, 1.807) is 0 Å². The van der Waals surface area contributed by atoms with Crippen molar-refractivity contribution in [3.63, 3.8) is 0 Å². The van der Waals surface area contributed by atoms with E-state index >= 15 is 0 Å². The lowest BCUT2D eigenvalue weighted by Crippen LogP contribution is -2.10. The van der Waals surface area contributed by atoms with Gasteiger partial charge in [-0.3, -0.25) is 0 Å². The molecule has 0 amide bonds. The molecule has 1 aliphatic carbocycles. The number of carbonyl (C=O) groups is 1. The predicted octanol–water partition coefficient (Wildman–Crippen LogP) is 1.91. The Labute approximate surface area is 99.7 Å². The fraction of sp³-hybridized carbons (Fsp3) is 0.357. The number of aliphatic hydroxyl groups is 1. The van der Waals surface area contributed by atoms with Gasteiger partial charge in [-0.1, -0.05) is 24.3 Å². The molecule has 0 aromatic heterocycles. The van der Waals surface area contributed by atoms with Crippen molar-refractivity contribution in [1.82, 2.24) is 0 Å². The summed E-state index contributed by atoms with van der Waals surface area (Å²) >= 11 is 0. The third kappa shape index (κ3) is 1.76. The van der Waals surface area contributed by atoms with Gasteiger partial charge >= 0.3 is 5.97 Å². The lowest BCUT2D eigenvalue weighted by molar-refractivity contribution is -0.136. The summed E-state index contributed by atoms with van der Waals surface area (Å²) in [4.78, 5) is 11.5. The van der Waals surface area contributed by atoms with Crippen LogP contribution in [-0.2, 0) is 16.0 Å². The van der Waals surface area contributed by atoms with Gasteiger partial charge in [-0.2, -0.15) is 0 Å². The van der Waals surface area contributed by atoms with Crippen LogP contribution in [0.1, 0.15) is 30.1 Å². The fourth-order valence-corrected chi connectivity index (χ4v) is 2.60. The maximum atomic E-state index is 11.5. The zero-order valence-electron chi connectivity index (χ0n) is 9.48. The van der Waals surface area contributed by atoms with E-state index in [2.05, 4.69) is 0 Å². The maximum absolute atomic E-state index is 11.5. The predicted molar refractivity (Wildman–Crippen MR) is 62.3 cm³/mol. The molecule has 0 saturated heterocycles. The number of ether oxygens (including phenoxy) is 1. The second-order valence-electron chi connectivity index (χ2n) is 4.58. The Bertz CT molecular complexity index is 502. The number of hydrogen-bond donors (Lipinski definition) is 1. The van der Waals surface area contributed by atoms with E-state index in [1.165, 1.54) is 5.56 Å². The summed E-state index contributed by atoms with van der Waals surface area (Å²) in [5.41, 5.74) is 3.86. The Kier molecular flexibility index (Phi) is 2.48. The van der Waals surface area contributed by atoms with Crippen molar-refractivity contribution in [3.05, 3.63) is 46.5 Å². The van der Waals surface area contributed by atoms with Crippen molar-refractivity contribution >= 4 is 5.97 Å². The normalized spacial score (nSPS) is 23.6. The van der Waals surface area contributed by atoms with E-state index in [4.69, 9.17) is 4.74 Å². The van der Waals surface area contributed by atoms with Gasteiger partial charge in [-0.25, -0.2) is 4.79 Å². The van der Waals surface area contributed by atoms with E-state index in [0.29, 0.717) is 18.6 Å². The Balaban J connectivity index is 2.00. The molecule has 0 fully saturated rings. The van der Waals surface area contributed by atoms with Crippen LogP contribution >= 0.6 is 0 Å². The van der Waals surface area contributed by atoms with Gasteiger partial charge in [0.05, 0.1) is 6.10 Å². The average molecular weight is 230 g/mol. The van der Waals surface area contributed by atoms with Crippen LogP contribution in [0.15, 0.2) is 35.4 Å². The highest BCUT2D eigenvalue weighted by Crippen LogP contribution is 2.33. The van der Waals surface area contributed by atoms with Crippen LogP contribution in [0, 0.1) is 0 Å². The molecular formula is C14H14O3. The van der Waals surface area contributed by atoms with Gasteiger partial charge in [0.25, 0.3) is 0 Å². The SMILES string of the molecule is O=C1OCC2=C1CC(O)c1ccccc1CC2. The van der Waals surface area contributed by atoms with Crippen molar-refractivity contribution in [2.75, 3.05) is 6.61 Å². The number of esters is 1. The smallest absolute Gasteiger partial charge is 0.334 e. The zero-order chi connectivity index (χ0) is 11.8. The van der Waals surface area contributed by atoms with Crippen molar-refractivity contribution < 1.29 is 14.6 Å². The topological polar surface area (TPSA) is 46.5 Å². The molecule has 0 spiro atoms. The second-order valence-corrected chi connectivity index (χ2v) is 4.58. The Morgan fingerprint density at radius 1 is 1.24 bits per heavy atom. The number of aliphatic hydroxyl groups excluding tert-OH is 1. The van der Waals surface area contributed by atoms with Crippen LogP contribution in [0.3, 0.4) is 0 Å². The van der Waals surface area contributed by atoms with Crippen molar-refractivity contribution in [2.24, 2.45) is 0 Å². The lowest BCUT2D eigenvalue weighted by Gasteiger charge is -2.18. The molecule has 1 heterocycles. The summed E-state index contributed by atoms with van der Waals surface area (Å²) in [5, 5.41) is 10.2. The molecule has 0 bridgehead atoms. The number of fused-ring (bicyclic) bond motifs is 1. The largest absolute Gasteiger partial charge is 0.458 e. The van der Waals surface area contributed by atoms with Gasteiger partial charge in [0.1, 0.15) is 6.61 Å². The summed E-state index contributed by atoms with van der Waals surface area (Å²) in [6, 6.07) is 7.89. The minimum absolute atomic E-state index is 0.251. The molecule has 3 rings (SSSR count). The van der Waals surface area contributed by atoms with Crippen molar-refractivity contribution in [1.29, 1.82) is 0 Å². The van der Waals surface area contributed by atoms with E-state index < -0.39 is 6.10 Å². The van der Waals surface area contributed by atoms with E-state index in [0.717, 1.165) is 24.0 Å². The highest BCUT2D eigenvalue weighted by molar-refractivity contribution is 5.91. The third-order valence-corrected chi connectivity index (χ3v) is 3.56. The van der Waals surface area contributed by atoms with Crippen LogP contribution in [0.4, 0.5) is 0 Å². The third-order valence-electron chi connectivity index (χ3n) is 3.56. The monoisotopic (exact) mass is 230 g/mol. The first kappa shape index (κ1) is 10.5. The molecule has 1 aliphatic heterocycles. The molecule has 88 valence electrons. The van der Waals surface area contributed by atoms with Gasteiger partial charge in [0.15, 0.2) is 0 Å². The molecule has 1 atom stereocenters. The Morgan fingerprint density at radius 2 is 2.06 bits per heavy atom. The summed E-state index contributed by atoms with van der Waals surface area (Å²) in [7, 11) is 0. The summed E-state index contributed by atoms with van der Waals surface area (Å²) in [5.74, 6) is -0.251. The van der Waals surface area contributed by atoms with E-state index in [9.17, 15) is 9.90 Å². The highest BCUT2D eigenvalue weighted by atomic mass is 16.5. The van der Waals surface area contributed by atoms with Gasteiger partial charge in [0, 0.05) is 12.0 Å². The van der Waals surface area contributed by atoms with Crippen LogP contribution in [0.25, 0.3) is 0 Å². The van der Waals surface area contributed by atoms with Crippen LogP contribution < -0.4 is 0 Å². The summed E-state index contributed by atoms with van der Waals surface area (Å²) < 4.78 is 5.03. The van der Waals surface area contributed by atoms with E-state index in [1.807, 2.05) is 24.3 Å². The molecule has 1 unspecified atom stereocenters. The van der Waals surface area contributed by atoms with Gasteiger partial charge in [0.2, 0.25) is 0 Å². The molecule has 3 heteroatoms. The van der Waals surface area contributed by atoms with Crippen LogP contribution in [-0.4, -0.2) is 17.7 Å². The summed E-state index contributed by atoms with van der Waals surface area (Å²) in [6.07, 6.45) is 1.50. The number of rotatable bonds is 0. The quantitative estimate of drug-likeness (QED) is 0.692. The molecule has 1 N–H and O–H groups in total. The molecule has 2 aliphatic rings. The lowest BCUT2D eigenvalue weighted by atomic mass is 9.88. The van der Waals surface area contributed by atoms with Crippen molar-refractivity contribution in [3.8, 4) is 0 Å². The van der Waals surface area contributed by atoms with Crippen LogP contribution in [0.2, 0.25) is 0 Å². The number of benzene rings is 1. The standard InChI is InChI=1S/C14H14O3/c15-13-7-12-10(8-17-14(12)16)6-5-9-3-1-2-4-11(9)13/h1-4,13,15H,5-8H2. The second kappa shape index (κ2) is 4.00. The first-order valence-electron chi connectivity index (χ1n) is 5.89. The van der Waals surface area contributed by atoms with E-state index in [-0.39, 0.29) is 5.97 Å². The van der Waals surface area contributed by atoms with Gasteiger partial charge < -0.3 is 9.84 Å². The number of carbonyl (C=O) groups excluding carboxylic acids is 1. The molecule has 0 radical (unpaired) electrons. The summed E-state index contributed by atoms with van der Waals surface area (Å²) in [6.45, 7) is 0.406. The maximum Gasteiger partial charge on any atom is 0.334 e. The highest BCUT2D eigenvalue weighted by Gasteiger charge is 2.29. The minimum Gasteiger partial charge on any atom is -0.458 e. The molecule has 17 heavy (non-hydrogen) atoms. The zero-order valence-corrected chi connectivity index (χ0v) is 9.48. The molecular weight excluding hydrogens is 216 g/mol. The first-order valence-corrected chi connectivity index (χ1v) is 5.89. The number of cyclic esters (lactones) is 1. The van der Waals surface area contributed by atoms with Crippen molar-refractivity contribution in [2.45, 2.75) is 25.4 Å². The molecule has 1 aromatic carbocycles. The fourth-order valence-electron chi connectivity index (χ4n) is 2.60. The molecule has 3 nitrogen and oxygen atoms in total. The van der Waals surface area contributed by atoms with Crippen LogP contribution in [0.5, 0.6) is 0 Å². The minimum atomic E-state index is -0.595. The van der Waals surface area contributed by atoms with Gasteiger partial charge in [-0.05, 0) is 29.5 Å². The first-order chi connectivity index (χ1) is 8.25.